The second kappa shape index (κ2) is 45.9. The molecule has 0 heterocycles. The standard InChI is InChI=1S/C58H116N6O4/c1-11-13-15-17-19-21-23-25-27-29-31-33-37-43-53(65)63(49-41-47-61(7)8)55(51(3)4)57(67)59-45-39-35-36-40-46-60-58(68)56(52(5)6)64(50-42-48-62(9)10)54(66)44-38-34-32-30-28-26-24-22-20-18-16-14-12-2/h51-52,55-56H,11-50H2,1-10H3,(H,59,67)(H,60,68). The maximum absolute atomic E-state index is 13.7. The van der Waals surface area contributed by atoms with Crippen LogP contribution in [-0.2, 0) is 19.2 Å². The maximum atomic E-state index is 13.7. The van der Waals surface area contributed by atoms with Gasteiger partial charge in [-0.25, -0.2) is 0 Å². The Labute approximate surface area is 422 Å². The van der Waals surface area contributed by atoms with Gasteiger partial charge in [-0.3, -0.25) is 19.2 Å². The number of hydrogen-bond donors (Lipinski definition) is 2. The van der Waals surface area contributed by atoms with E-state index in [1.807, 2.05) is 9.80 Å². The van der Waals surface area contributed by atoms with Crippen LogP contribution in [0.4, 0.5) is 0 Å². The van der Waals surface area contributed by atoms with Crippen molar-refractivity contribution in [3.05, 3.63) is 0 Å². The second-order valence-electron chi connectivity index (χ2n) is 21.8. The summed E-state index contributed by atoms with van der Waals surface area (Å²) in [6, 6.07) is -0.945. The normalized spacial score (nSPS) is 12.6. The van der Waals surface area contributed by atoms with Crippen molar-refractivity contribution in [3.63, 3.8) is 0 Å². The smallest absolute Gasteiger partial charge is 0.243 e. The van der Waals surface area contributed by atoms with Crippen molar-refractivity contribution >= 4 is 23.6 Å². The molecule has 0 fully saturated rings. The van der Waals surface area contributed by atoms with E-state index < -0.39 is 12.1 Å². The monoisotopic (exact) mass is 961 g/mol. The maximum Gasteiger partial charge on any atom is 0.243 e. The van der Waals surface area contributed by atoms with Gasteiger partial charge in [0.15, 0.2) is 0 Å². The highest BCUT2D eigenvalue weighted by Gasteiger charge is 2.33. The lowest BCUT2D eigenvalue weighted by Crippen LogP contribution is -2.53. The first-order valence-electron chi connectivity index (χ1n) is 29.2. The SMILES string of the molecule is CCCCCCCCCCCCCCCC(=O)N(CCCN(C)C)C(C(=O)NCCCCCCNC(=O)C(C(C)C)N(CCCN(C)C)C(=O)CCCCCCCCCCCCCCC)C(C)C. The molecule has 0 rings (SSSR count). The molecular formula is C58H116N6O4. The Morgan fingerprint density at radius 3 is 0.838 bits per heavy atom. The Morgan fingerprint density at radius 1 is 0.338 bits per heavy atom. The van der Waals surface area contributed by atoms with Crippen LogP contribution in [0, 0.1) is 11.8 Å². The molecule has 402 valence electrons. The predicted molar refractivity (Wildman–Crippen MR) is 292 cm³/mol. The summed E-state index contributed by atoms with van der Waals surface area (Å²) in [6.07, 6.45) is 39.4. The Bertz CT molecular complexity index is 1110. The molecule has 10 nitrogen and oxygen atoms in total. The minimum Gasteiger partial charge on any atom is -0.354 e. The molecule has 0 aliphatic heterocycles. The second-order valence-corrected chi connectivity index (χ2v) is 21.8. The third kappa shape index (κ3) is 36.7. The Morgan fingerprint density at radius 2 is 0.588 bits per heavy atom. The van der Waals surface area contributed by atoms with Crippen LogP contribution >= 0.6 is 0 Å². The summed E-state index contributed by atoms with van der Waals surface area (Å²) in [5.41, 5.74) is 0. The summed E-state index contributed by atoms with van der Waals surface area (Å²) in [4.78, 5) is 62.9. The van der Waals surface area contributed by atoms with Gasteiger partial charge in [-0.1, -0.05) is 208 Å². The number of nitrogens with one attached hydrogen (secondary N) is 2. The molecule has 2 N–H and O–H groups in total. The Kier molecular flexibility index (Phi) is 44.4. The zero-order valence-electron chi connectivity index (χ0n) is 47.0. The number of unbranched alkanes of at least 4 members (excludes halogenated alkanes) is 27. The molecular weight excluding hydrogens is 845 g/mol. The first kappa shape index (κ1) is 65.8. The summed E-state index contributed by atoms with van der Waals surface area (Å²) in [5, 5.41) is 6.37. The molecule has 0 saturated heterocycles. The van der Waals surface area contributed by atoms with Gasteiger partial charge < -0.3 is 30.2 Å². The van der Waals surface area contributed by atoms with Gasteiger partial charge in [0.2, 0.25) is 23.6 Å². The molecule has 0 aromatic heterocycles. The first-order valence-corrected chi connectivity index (χ1v) is 29.2. The lowest BCUT2D eigenvalue weighted by molar-refractivity contribution is -0.142. The number of carbonyl (C=O) groups excluding carboxylic acids is 4. The van der Waals surface area contributed by atoms with E-state index in [9.17, 15) is 19.2 Å². The summed E-state index contributed by atoms with van der Waals surface area (Å²) >= 11 is 0. The summed E-state index contributed by atoms with van der Waals surface area (Å²) in [5.74, 6) is 0.156. The number of rotatable bonds is 49. The van der Waals surface area contributed by atoms with Gasteiger partial charge in [-0.05, 0) is 91.6 Å². The molecule has 0 aromatic carbocycles. The van der Waals surface area contributed by atoms with Crippen LogP contribution in [0.5, 0.6) is 0 Å². The van der Waals surface area contributed by atoms with Gasteiger partial charge in [-0.2, -0.15) is 0 Å². The minimum absolute atomic E-state index is 0.0154. The van der Waals surface area contributed by atoms with Crippen LogP contribution < -0.4 is 10.6 Å². The van der Waals surface area contributed by atoms with Crippen LogP contribution in [0.3, 0.4) is 0 Å². The van der Waals surface area contributed by atoms with Gasteiger partial charge in [0, 0.05) is 39.0 Å². The van der Waals surface area contributed by atoms with Crippen molar-refractivity contribution in [1.82, 2.24) is 30.2 Å². The summed E-state index contributed by atoms with van der Waals surface area (Å²) in [6.45, 7) is 16.9. The first-order chi connectivity index (χ1) is 32.8. The van der Waals surface area contributed by atoms with E-state index >= 15 is 0 Å². The molecule has 10 heteroatoms. The molecule has 0 aliphatic rings. The molecule has 0 spiro atoms. The molecule has 68 heavy (non-hydrogen) atoms. The average molecular weight is 962 g/mol. The fourth-order valence-corrected chi connectivity index (χ4v) is 9.67. The highest BCUT2D eigenvalue weighted by Crippen LogP contribution is 2.20. The summed E-state index contributed by atoms with van der Waals surface area (Å²) in [7, 11) is 8.20. The van der Waals surface area contributed by atoms with Gasteiger partial charge in [0.25, 0.3) is 0 Å². The van der Waals surface area contributed by atoms with Crippen molar-refractivity contribution in [2.45, 2.75) is 272 Å². The minimum atomic E-state index is -0.473. The molecule has 0 radical (unpaired) electrons. The number of carbonyl (C=O) groups is 4. The van der Waals surface area contributed by atoms with Crippen LogP contribution in [0.2, 0.25) is 0 Å². The van der Waals surface area contributed by atoms with E-state index in [4.69, 9.17) is 0 Å². The molecule has 4 amide bonds. The highest BCUT2D eigenvalue weighted by atomic mass is 16.2. The fraction of sp³-hybridized carbons (Fsp3) is 0.931. The highest BCUT2D eigenvalue weighted by molar-refractivity contribution is 5.88. The van der Waals surface area contributed by atoms with Gasteiger partial charge in [0.1, 0.15) is 12.1 Å². The van der Waals surface area contributed by atoms with Crippen LogP contribution in [0.25, 0.3) is 0 Å². The predicted octanol–water partition coefficient (Wildman–Crippen LogP) is 13.4. The third-order valence-electron chi connectivity index (χ3n) is 13.8. The topological polar surface area (TPSA) is 105 Å². The van der Waals surface area contributed by atoms with Crippen molar-refractivity contribution in [1.29, 1.82) is 0 Å². The lowest BCUT2D eigenvalue weighted by atomic mass is 9.99. The number of amides is 4. The van der Waals surface area contributed by atoms with E-state index in [1.54, 1.807) is 0 Å². The third-order valence-corrected chi connectivity index (χ3v) is 13.8. The van der Waals surface area contributed by atoms with Gasteiger partial charge in [0.05, 0.1) is 0 Å². The lowest BCUT2D eigenvalue weighted by Gasteiger charge is -2.34. The summed E-state index contributed by atoms with van der Waals surface area (Å²) < 4.78 is 0. The Hall–Kier alpha value is -2.20. The van der Waals surface area contributed by atoms with E-state index in [0.717, 1.165) is 77.3 Å². The quantitative estimate of drug-likeness (QED) is 0.0589. The van der Waals surface area contributed by atoms with Crippen molar-refractivity contribution in [2.75, 3.05) is 67.5 Å². The Balaban J connectivity index is 4.87. The zero-order valence-corrected chi connectivity index (χ0v) is 47.0. The van der Waals surface area contributed by atoms with Crippen molar-refractivity contribution in [2.24, 2.45) is 11.8 Å². The molecule has 0 aromatic rings. The molecule has 0 saturated carbocycles. The van der Waals surface area contributed by atoms with Crippen LogP contribution in [0.1, 0.15) is 260 Å². The molecule has 0 bridgehead atoms. The van der Waals surface area contributed by atoms with Crippen molar-refractivity contribution in [3.8, 4) is 0 Å². The largest absolute Gasteiger partial charge is 0.354 e. The fourth-order valence-electron chi connectivity index (χ4n) is 9.67. The van der Waals surface area contributed by atoms with Gasteiger partial charge in [-0.15, -0.1) is 0 Å². The van der Waals surface area contributed by atoms with Crippen molar-refractivity contribution < 1.29 is 19.2 Å². The van der Waals surface area contributed by atoms with E-state index in [2.05, 4.69) is 90.2 Å². The average Bonchev–Trinajstić information content (AvgIpc) is 3.28. The van der Waals surface area contributed by atoms with E-state index in [1.165, 1.54) is 141 Å². The van der Waals surface area contributed by atoms with E-state index in [0.29, 0.717) is 39.0 Å². The molecule has 2 unspecified atom stereocenters. The van der Waals surface area contributed by atoms with Crippen LogP contribution in [-0.4, -0.2) is 123 Å². The number of nitrogens with zero attached hydrogens (tertiary/aromatic N) is 4. The molecule has 0 aliphatic carbocycles. The van der Waals surface area contributed by atoms with Gasteiger partial charge >= 0.3 is 0 Å². The molecule has 2 atom stereocenters. The van der Waals surface area contributed by atoms with E-state index in [-0.39, 0.29) is 35.5 Å². The zero-order chi connectivity index (χ0) is 50.6. The number of hydrogen-bond acceptors (Lipinski definition) is 6. The van der Waals surface area contributed by atoms with Crippen LogP contribution in [0.15, 0.2) is 0 Å².